The number of nitrogen functional groups attached to an aromatic ring is 1. The van der Waals surface area contributed by atoms with Crippen LogP contribution in [0.5, 0.6) is 5.75 Å². The molecule has 0 aromatic heterocycles. The molecule has 0 fully saturated rings. The lowest BCUT2D eigenvalue weighted by Crippen LogP contribution is -2.12. The van der Waals surface area contributed by atoms with Crippen molar-refractivity contribution in [1.82, 2.24) is 0 Å². The van der Waals surface area contributed by atoms with Crippen LogP contribution >= 0.6 is 11.6 Å². The normalized spacial score (nSPS) is 10.2. The van der Waals surface area contributed by atoms with Gasteiger partial charge in [-0.05, 0) is 42.8 Å². The van der Waals surface area contributed by atoms with Gasteiger partial charge >= 0.3 is 0 Å². The summed E-state index contributed by atoms with van der Waals surface area (Å²) >= 11 is 5.71. The summed E-state index contributed by atoms with van der Waals surface area (Å²) in [6.45, 7) is 1.88. The third kappa shape index (κ3) is 2.98. The van der Waals surface area contributed by atoms with Crippen LogP contribution in [-0.4, -0.2) is 11.0 Å². The fourth-order valence-corrected chi connectivity index (χ4v) is 1.78. The number of amides is 1. The number of hydrogen-bond acceptors (Lipinski definition) is 3. The van der Waals surface area contributed by atoms with Crippen molar-refractivity contribution in [3.05, 3.63) is 52.5 Å². The fraction of sp³-hybridized carbons (Fsp3) is 0.0714. The Labute approximate surface area is 115 Å². The molecule has 0 radical (unpaired) electrons. The lowest BCUT2D eigenvalue weighted by Gasteiger charge is -2.08. The van der Waals surface area contributed by atoms with Gasteiger partial charge in [0.25, 0.3) is 5.91 Å². The van der Waals surface area contributed by atoms with Gasteiger partial charge in [-0.15, -0.1) is 0 Å². The predicted octanol–water partition coefficient (Wildman–Crippen LogP) is 3.19. The number of aryl methyl sites for hydroxylation is 1. The van der Waals surface area contributed by atoms with Gasteiger partial charge in [-0.2, -0.15) is 0 Å². The number of aromatic hydroxyl groups is 1. The van der Waals surface area contributed by atoms with Gasteiger partial charge in [-0.1, -0.05) is 17.7 Å². The standard InChI is InChI=1S/C14H13ClN2O2/c1-8-2-4-10(7-12(8)16)17-14(19)11-5-3-9(15)6-13(11)18/h2-7,18H,16H2,1H3,(H,17,19). The van der Waals surface area contributed by atoms with E-state index >= 15 is 0 Å². The average Bonchev–Trinajstić information content (AvgIpc) is 2.33. The van der Waals surface area contributed by atoms with E-state index in [4.69, 9.17) is 17.3 Å². The van der Waals surface area contributed by atoms with Crippen molar-refractivity contribution in [2.45, 2.75) is 6.92 Å². The van der Waals surface area contributed by atoms with E-state index in [9.17, 15) is 9.90 Å². The maximum atomic E-state index is 12.0. The number of carbonyl (C=O) groups is 1. The first-order chi connectivity index (χ1) is 8.97. The molecule has 0 spiro atoms. The first-order valence-corrected chi connectivity index (χ1v) is 6.01. The molecule has 0 heterocycles. The van der Waals surface area contributed by atoms with E-state index in [0.29, 0.717) is 16.4 Å². The minimum absolute atomic E-state index is 0.156. The van der Waals surface area contributed by atoms with E-state index < -0.39 is 5.91 Å². The number of benzene rings is 2. The number of phenols is 1. The Morgan fingerprint density at radius 3 is 2.63 bits per heavy atom. The second-order valence-electron chi connectivity index (χ2n) is 4.19. The molecule has 0 aliphatic carbocycles. The van der Waals surface area contributed by atoms with Crippen molar-refractivity contribution in [2.24, 2.45) is 0 Å². The largest absolute Gasteiger partial charge is 0.507 e. The van der Waals surface area contributed by atoms with E-state index in [1.807, 2.05) is 13.0 Å². The Balaban J connectivity index is 2.23. The monoisotopic (exact) mass is 276 g/mol. The highest BCUT2D eigenvalue weighted by Crippen LogP contribution is 2.23. The molecule has 0 unspecified atom stereocenters. The third-order valence-corrected chi connectivity index (χ3v) is 2.98. The molecule has 19 heavy (non-hydrogen) atoms. The summed E-state index contributed by atoms with van der Waals surface area (Å²) in [6.07, 6.45) is 0. The Morgan fingerprint density at radius 1 is 1.26 bits per heavy atom. The third-order valence-electron chi connectivity index (χ3n) is 2.74. The lowest BCUT2D eigenvalue weighted by atomic mass is 10.1. The summed E-state index contributed by atoms with van der Waals surface area (Å²) < 4.78 is 0. The molecule has 0 atom stereocenters. The van der Waals surface area contributed by atoms with E-state index in [0.717, 1.165) is 5.56 Å². The second-order valence-corrected chi connectivity index (χ2v) is 4.62. The maximum Gasteiger partial charge on any atom is 0.259 e. The van der Waals surface area contributed by atoms with Crippen molar-refractivity contribution in [2.75, 3.05) is 11.1 Å². The SMILES string of the molecule is Cc1ccc(NC(=O)c2ccc(Cl)cc2O)cc1N. The molecule has 1 amide bonds. The van der Waals surface area contributed by atoms with E-state index in [1.165, 1.54) is 12.1 Å². The molecular weight excluding hydrogens is 264 g/mol. The summed E-state index contributed by atoms with van der Waals surface area (Å²) in [7, 11) is 0. The molecule has 4 nitrogen and oxygen atoms in total. The van der Waals surface area contributed by atoms with E-state index in [2.05, 4.69) is 5.32 Å². The number of phenolic OH excluding ortho intramolecular Hbond substituents is 1. The first kappa shape index (κ1) is 13.2. The zero-order valence-electron chi connectivity index (χ0n) is 10.3. The highest BCUT2D eigenvalue weighted by atomic mass is 35.5. The van der Waals surface area contributed by atoms with Crippen LogP contribution in [0.3, 0.4) is 0 Å². The van der Waals surface area contributed by atoms with Gasteiger partial charge in [0.1, 0.15) is 5.75 Å². The van der Waals surface area contributed by atoms with Crippen LogP contribution in [0.2, 0.25) is 5.02 Å². The van der Waals surface area contributed by atoms with E-state index in [-0.39, 0.29) is 11.3 Å². The minimum Gasteiger partial charge on any atom is -0.507 e. The zero-order valence-corrected chi connectivity index (χ0v) is 11.0. The molecule has 0 saturated carbocycles. The summed E-state index contributed by atoms with van der Waals surface area (Å²) in [4.78, 5) is 12.0. The second kappa shape index (κ2) is 5.20. The molecule has 0 saturated heterocycles. The van der Waals surface area contributed by atoms with Crippen molar-refractivity contribution >= 4 is 28.9 Å². The van der Waals surface area contributed by atoms with Gasteiger partial charge in [-0.3, -0.25) is 4.79 Å². The predicted molar refractivity (Wildman–Crippen MR) is 76.7 cm³/mol. The minimum atomic E-state index is -0.419. The summed E-state index contributed by atoms with van der Waals surface area (Å²) in [5.41, 5.74) is 8.03. The first-order valence-electron chi connectivity index (χ1n) is 5.63. The van der Waals surface area contributed by atoms with Crippen molar-refractivity contribution in [1.29, 1.82) is 0 Å². The molecule has 0 bridgehead atoms. The molecule has 2 rings (SSSR count). The van der Waals surface area contributed by atoms with Gasteiger partial charge in [-0.25, -0.2) is 0 Å². The van der Waals surface area contributed by atoms with Crippen LogP contribution in [-0.2, 0) is 0 Å². The van der Waals surface area contributed by atoms with Gasteiger partial charge in [0.05, 0.1) is 5.56 Å². The summed E-state index contributed by atoms with van der Waals surface area (Å²) in [6, 6.07) is 9.55. The molecule has 2 aromatic carbocycles. The number of carbonyl (C=O) groups excluding carboxylic acids is 1. The van der Waals surface area contributed by atoms with Crippen LogP contribution in [0.15, 0.2) is 36.4 Å². The Bertz CT molecular complexity index is 641. The number of nitrogens with one attached hydrogen (secondary N) is 1. The van der Waals surface area contributed by atoms with Crippen molar-refractivity contribution < 1.29 is 9.90 Å². The number of nitrogens with two attached hydrogens (primary N) is 1. The Morgan fingerprint density at radius 2 is 2.00 bits per heavy atom. The highest BCUT2D eigenvalue weighted by molar-refractivity contribution is 6.31. The molecule has 98 valence electrons. The number of rotatable bonds is 2. The van der Waals surface area contributed by atoms with Crippen LogP contribution in [0.1, 0.15) is 15.9 Å². The Kier molecular flexibility index (Phi) is 3.62. The van der Waals surface area contributed by atoms with Crippen LogP contribution in [0.25, 0.3) is 0 Å². The van der Waals surface area contributed by atoms with Gasteiger partial charge in [0.2, 0.25) is 0 Å². The van der Waals surface area contributed by atoms with Crippen LogP contribution in [0, 0.1) is 6.92 Å². The van der Waals surface area contributed by atoms with E-state index in [1.54, 1.807) is 18.2 Å². The number of halogens is 1. The summed E-state index contributed by atoms with van der Waals surface area (Å²) in [5, 5.41) is 12.7. The molecular formula is C14H13ClN2O2. The van der Waals surface area contributed by atoms with Gasteiger partial charge < -0.3 is 16.2 Å². The highest BCUT2D eigenvalue weighted by Gasteiger charge is 2.11. The molecule has 0 aliphatic heterocycles. The zero-order chi connectivity index (χ0) is 14.0. The summed E-state index contributed by atoms with van der Waals surface area (Å²) in [5.74, 6) is -0.581. The topological polar surface area (TPSA) is 75.3 Å². The van der Waals surface area contributed by atoms with Gasteiger partial charge in [0.15, 0.2) is 0 Å². The number of anilines is 2. The van der Waals surface area contributed by atoms with Gasteiger partial charge in [0, 0.05) is 16.4 Å². The quantitative estimate of drug-likeness (QED) is 0.737. The fourth-order valence-electron chi connectivity index (χ4n) is 1.61. The maximum absolute atomic E-state index is 12.0. The molecule has 5 heteroatoms. The molecule has 4 N–H and O–H groups in total. The molecule has 0 aliphatic rings. The van der Waals surface area contributed by atoms with Crippen molar-refractivity contribution in [3.8, 4) is 5.75 Å². The van der Waals surface area contributed by atoms with Crippen LogP contribution in [0.4, 0.5) is 11.4 Å². The Hall–Kier alpha value is -2.20. The van der Waals surface area contributed by atoms with Crippen LogP contribution < -0.4 is 11.1 Å². The lowest BCUT2D eigenvalue weighted by molar-refractivity contribution is 0.102. The average molecular weight is 277 g/mol. The number of hydrogen-bond donors (Lipinski definition) is 3. The smallest absolute Gasteiger partial charge is 0.259 e. The van der Waals surface area contributed by atoms with Crippen molar-refractivity contribution in [3.63, 3.8) is 0 Å². The molecule has 2 aromatic rings.